The second-order valence-corrected chi connectivity index (χ2v) is 4.31. The third kappa shape index (κ3) is 2.12. The van der Waals surface area contributed by atoms with E-state index in [1.165, 1.54) is 5.69 Å². The number of nitrogens with one attached hydrogen (secondary N) is 1. The zero-order valence-electron chi connectivity index (χ0n) is 9.27. The van der Waals surface area contributed by atoms with Crippen molar-refractivity contribution in [2.75, 3.05) is 5.32 Å². The normalized spacial score (nSPS) is 29.1. The smallest absolute Gasteiger partial charge is 0.0591 e. The summed E-state index contributed by atoms with van der Waals surface area (Å²) in [5.41, 5.74) is 1.20. The predicted molar refractivity (Wildman–Crippen MR) is 65.9 cm³/mol. The van der Waals surface area contributed by atoms with Crippen LogP contribution in [0.25, 0.3) is 0 Å². The third-order valence-electron chi connectivity index (χ3n) is 3.09. The number of benzene rings is 1. The van der Waals surface area contributed by atoms with Crippen LogP contribution >= 0.6 is 0 Å². The summed E-state index contributed by atoms with van der Waals surface area (Å²) in [4.78, 5) is 0. The van der Waals surface area contributed by atoms with Crippen LogP contribution in [0.1, 0.15) is 13.8 Å². The molecule has 1 N–H and O–H groups in total. The Morgan fingerprint density at radius 1 is 1.13 bits per heavy atom. The fourth-order valence-corrected chi connectivity index (χ4v) is 1.83. The lowest BCUT2D eigenvalue weighted by Crippen LogP contribution is -2.39. The highest BCUT2D eigenvalue weighted by Gasteiger charge is 2.27. The minimum atomic E-state index is 0.0239. The van der Waals surface area contributed by atoms with Gasteiger partial charge in [-0.2, -0.15) is 0 Å². The fraction of sp³-hybridized carbons (Fsp3) is 0.286. The highest BCUT2D eigenvalue weighted by molar-refractivity contribution is 5.48. The van der Waals surface area contributed by atoms with Gasteiger partial charge in [0, 0.05) is 11.6 Å². The largest absolute Gasteiger partial charge is 0.376 e. The van der Waals surface area contributed by atoms with Crippen molar-refractivity contribution in [3.63, 3.8) is 0 Å². The Morgan fingerprint density at radius 2 is 1.87 bits per heavy atom. The number of rotatable bonds is 2. The monoisotopic (exact) mass is 199 g/mol. The van der Waals surface area contributed by atoms with Crippen LogP contribution in [0.4, 0.5) is 5.69 Å². The molecule has 0 aliphatic heterocycles. The Kier molecular flexibility index (Phi) is 2.63. The molecule has 0 saturated carbocycles. The van der Waals surface area contributed by atoms with E-state index in [1.54, 1.807) is 0 Å². The molecule has 1 aliphatic carbocycles. The van der Waals surface area contributed by atoms with Crippen LogP contribution < -0.4 is 5.32 Å². The summed E-state index contributed by atoms with van der Waals surface area (Å²) >= 11 is 0. The molecular weight excluding hydrogens is 182 g/mol. The number of hydrogen-bond donors (Lipinski definition) is 1. The van der Waals surface area contributed by atoms with E-state index in [4.69, 9.17) is 0 Å². The van der Waals surface area contributed by atoms with E-state index >= 15 is 0 Å². The van der Waals surface area contributed by atoms with E-state index < -0.39 is 0 Å². The molecule has 78 valence electrons. The van der Waals surface area contributed by atoms with Gasteiger partial charge < -0.3 is 5.32 Å². The number of hydrogen-bond acceptors (Lipinski definition) is 1. The molecule has 0 fully saturated rings. The molecule has 1 nitrogen and oxygen atoms in total. The lowest BCUT2D eigenvalue weighted by Gasteiger charge is -2.35. The second kappa shape index (κ2) is 3.93. The number of para-hydroxylation sites is 1. The van der Waals surface area contributed by atoms with E-state index in [0.717, 1.165) is 0 Å². The lowest BCUT2D eigenvalue weighted by atomic mass is 9.83. The van der Waals surface area contributed by atoms with Crippen LogP contribution in [-0.2, 0) is 0 Å². The molecule has 2 rings (SSSR count). The maximum atomic E-state index is 3.57. The van der Waals surface area contributed by atoms with Crippen molar-refractivity contribution in [1.82, 2.24) is 0 Å². The summed E-state index contributed by atoms with van der Waals surface area (Å²) in [5.74, 6) is 0.503. The molecule has 1 aromatic rings. The Bertz CT molecular complexity index is 378. The molecule has 0 heterocycles. The SMILES string of the molecule is CC1C=CC=CC1(C)Nc1ccccc1. The first-order valence-corrected chi connectivity index (χ1v) is 5.40. The van der Waals surface area contributed by atoms with Gasteiger partial charge in [0.1, 0.15) is 0 Å². The third-order valence-corrected chi connectivity index (χ3v) is 3.09. The van der Waals surface area contributed by atoms with Gasteiger partial charge in [0.2, 0.25) is 0 Å². The van der Waals surface area contributed by atoms with E-state index in [1.807, 2.05) is 6.07 Å². The minimum absolute atomic E-state index is 0.0239. The summed E-state index contributed by atoms with van der Waals surface area (Å²) in [5, 5.41) is 3.57. The van der Waals surface area contributed by atoms with Gasteiger partial charge in [0.25, 0.3) is 0 Å². The molecule has 0 spiro atoms. The maximum absolute atomic E-state index is 3.57. The van der Waals surface area contributed by atoms with Crippen molar-refractivity contribution in [1.29, 1.82) is 0 Å². The molecule has 1 heteroatoms. The van der Waals surface area contributed by atoms with E-state index in [0.29, 0.717) is 5.92 Å². The minimum Gasteiger partial charge on any atom is -0.376 e. The summed E-state index contributed by atoms with van der Waals surface area (Å²) in [6.07, 6.45) is 8.68. The van der Waals surface area contributed by atoms with E-state index in [2.05, 4.69) is 67.7 Å². The van der Waals surface area contributed by atoms with Gasteiger partial charge in [-0.15, -0.1) is 0 Å². The Balaban J connectivity index is 2.18. The quantitative estimate of drug-likeness (QED) is 0.767. The van der Waals surface area contributed by atoms with Crippen LogP contribution in [0.5, 0.6) is 0 Å². The van der Waals surface area contributed by atoms with E-state index in [-0.39, 0.29) is 5.54 Å². The maximum Gasteiger partial charge on any atom is 0.0591 e. The average Bonchev–Trinajstić information content (AvgIpc) is 2.24. The summed E-state index contributed by atoms with van der Waals surface area (Å²) in [6, 6.07) is 10.3. The summed E-state index contributed by atoms with van der Waals surface area (Å²) < 4.78 is 0. The number of allylic oxidation sites excluding steroid dienone is 2. The second-order valence-electron chi connectivity index (χ2n) is 4.31. The summed E-state index contributed by atoms with van der Waals surface area (Å²) in [6.45, 7) is 4.46. The van der Waals surface area contributed by atoms with Crippen molar-refractivity contribution in [2.24, 2.45) is 5.92 Å². The van der Waals surface area contributed by atoms with Crippen molar-refractivity contribution in [3.8, 4) is 0 Å². The van der Waals surface area contributed by atoms with Crippen LogP contribution in [0.15, 0.2) is 54.6 Å². The summed E-state index contributed by atoms with van der Waals surface area (Å²) in [7, 11) is 0. The molecule has 15 heavy (non-hydrogen) atoms. The fourth-order valence-electron chi connectivity index (χ4n) is 1.83. The molecule has 0 saturated heterocycles. The first kappa shape index (κ1) is 10.0. The van der Waals surface area contributed by atoms with Crippen molar-refractivity contribution < 1.29 is 0 Å². The van der Waals surface area contributed by atoms with Crippen molar-refractivity contribution in [2.45, 2.75) is 19.4 Å². The highest BCUT2D eigenvalue weighted by Crippen LogP contribution is 2.27. The van der Waals surface area contributed by atoms with Gasteiger partial charge in [-0.25, -0.2) is 0 Å². The van der Waals surface area contributed by atoms with Crippen molar-refractivity contribution >= 4 is 5.69 Å². The molecule has 0 amide bonds. The lowest BCUT2D eigenvalue weighted by molar-refractivity contribution is 0.493. The van der Waals surface area contributed by atoms with Crippen LogP contribution in [0.3, 0.4) is 0 Å². The highest BCUT2D eigenvalue weighted by atomic mass is 15.0. The predicted octanol–water partition coefficient (Wildman–Crippen LogP) is 3.62. The van der Waals surface area contributed by atoms with E-state index in [9.17, 15) is 0 Å². The zero-order valence-corrected chi connectivity index (χ0v) is 9.27. The Morgan fingerprint density at radius 3 is 2.53 bits per heavy atom. The molecule has 1 aliphatic rings. The molecule has 0 aromatic heterocycles. The van der Waals surface area contributed by atoms with Crippen LogP contribution in [0.2, 0.25) is 0 Å². The van der Waals surface area contributed by atoms with Gasteiger partial charge in [-0.05, 0) is 19.1 Å². The number of anilines is 1. The van der Waals surface area contributed by atoms with Gasteiger partial charge in [0.15, 0.2) is 0 Å². The molecule has 0 bridgehead atoms. The molecular formula is C14H17N. The Labute approximate surface area is 91.5 Å². The zero-order chi connectivity index (χ0) is 10.7. The molecule has 1 aromatic carbocycles. The van der Waals surface area contributed by atoms with Gasteiger partial charge in [-0.1, -0.05) is 49.4 Å². The standard InChI is InChI=1S/C14H17N/c1-12-8-6-7-11-14(12,2)15-13-9-4-3-5-10-13/h3-12,15H,1-2H3. The van der Waals surface area contributed by atoms with Crippen LogP contribution in [-0.4, -0.2) is 5.54 Å². The van der Waals surface area contributed by atoms with Crippen molar-refractivity contribution in [3.05, 3.63) is 54.6 Å². The Hall–Kier alpha value is -1.50. The topological polar surface area (TPSA) is 12.0 Å². The van der Waals surface area contributed by atoms with Gasteiger partial charge in [-0.3, -0.25) is 0 Å². The van der Waals surface area contributed by atoms with Crippen LogP contribution in [0, 0.1) is 5.92 Å². The molecule has 2 unspecified atom stereocenters. The van der Waals surface area contributed by atoms with Gasteiger partial charge >= 0.3 is 0 Å². The molecule has 2 atom stereocenters. The first-order valence-electron chi connectivity index (χ1n) is 5.40. The molecule has 0 radical (unpaired) electrons. The first-order chi connectivity index (χ1) is 7.21. The van der Waals surface area contributed by atoms with Gasteiger partial charge in [0.05, 0.1) is 5.54 Å². The average molecular weight is 199 g/mol.